The lowest BCUT2D eigenvalue weighted by Crippen LogP contribution is -2.40. The molecule has 3 heterocycles. The molecule has 4 rings (SSSR count). The van der Waals surface area contributed by atoms with Gasteiger partial charge in [-0.2, -0.15) is 10.1 Å². The first-order chi connectivity index (χ1) is 14.8. The average Bonchev–Trinajstić information content (AvgIpc) is 3.16. The van der Waals surface area contributed by atoms with Gasteiger partial charge in [-0.3, -0.25) is 18.5 Å². The number of aryl methyl sites for hydroxylation is 1. The Morgan fingerprint density at radius 3 is 2.52 bits per heavy atom. The van der Waals surface area contributed by atoms with Crippen molar-refractivity contribution in [3.63, 3.8) is 0 Å². The number of hydrogen-bond acceptors (Lipinski definition) is 5. The quantitative estimate of drug-likeness (QED) is 0.547. The Bertz CT molecular complexity index is 1270. The molecule has 0 fully saturated rings. The van der Waals surface area contributed by atoms with E-state index in [1.54, 1.807) is 19.2 Å². The van der Waals surface area contributed by atoms with Crippen LogP contribution in [0.3, 0.4) is 0 Å². The largest absolute Gasteiger partial charge is 0.332 e. The van der Waals surface area contributed by atoms with E-state index in [0.29, 0.717) is 28.7 Å². The van der Waals surface area contributed by atoms with Gasteiger partial charge in [0.15, 0.2) is 11.2 Å². The molecule has 1 aliphatic heterocycles. The van der Waals surface area contributed by atoms with Crippen LogP contribution < -0.4 is 16.3 Å². The molecule has 0 saturated heterocycles. The molecule has 1 aliphatic rings. The molecule has 0 aliphatic carbocycles. The zero-order valence-corrected chi connectivity index (χ0v) is 19.1. The monoisotopic (exact) mass is 442 g/mol. The Labute approximate surface area is 185 Å². The van der Waals surface area contributed by atoms with Gasteiger partial charge in [0.05, 0.1) is 18.3 Å². The Balaban J connectivity index is 1.89. The SMILES string of the molecule is CCCCCN1N=C(C)C(C)n2c1nc1c2c(=O)n(Cc2ccc(Cl)cc2)c(=O)n1C. The van der Waals surface area contributed by atoms with Crippen molar-refractivity contribution in [1.82, 2.24) is 18.7 Å². The molecule has 1 aromatic carbocycles. The molecule has 0 spiro atoms. The van der Waals surface area contributed by atoms with Crippen molar-refractivity contribution in [2.45, 2.75) is 52.6 Å². The highest BCUT2D eigenvalue weighted by Crippen LogP contribution is 2.30. The van der Waals surface area contributed by atoms with E-state index in [-0.39, 0.29) is 18.1 Å². The van der Waals surface area contributed by atoms with Gasteiger partial charge in [-0.05, 0) is 38.0 Å². The number of unbranched alkanes of at least 4 members (excludes halogenated alkanes) is 2. The number of fused-ring (bicyclic) bond motifs is 3. The molecular weight excluding hydrogens is 416 g/mol. The van der Waals surface area contributed by atoms with E-state index in [2.05, 4.69) is 6.92 Å². The third-order valence-electron chi connectivity index (χ3n) is 5.89. The number of anilines is 1. The minimum Gasteiger partial charge on any atom is -0.294 e. The van der Waals surface area contributed by atoms with Crippen molar-refractivity contribution in [1.29, 1.82) is 0 Å². The highest BCUT2D eigenvalue weighted by atomic mass is 35.5. The fraction of sp³-hybridized carbons (Fsp3) is 0.455. The lowest BCUT2D eigenvalue weighted by atomic mass is 10.2. The summed E-state index contributed by atoms with van der Waals surface area (Å²) in [4.78, 5) is 31.3. The number of rotatable bonds is 6. The topological polar surface area (TPSA) is 77.4 Å². The molecule has 0 bridgehead atoms. The first-order valence-electron chi connectivity index (χ1n) is 10.6. The molecule has 31 heavy (non-hydrogen) atoms. The second-order valence-electron chi connectivity index (χ2n) is 8.06. The van der Waals surface area contributed by atoms with Crippen LogP contribution in [0.1, 0.15) is 51.6 Å². The van der Waals surface area contributed by atoms with Gasteiger partial charge < -0.3 is 0 Å². The Morgan fingerprint density at radius 1 is 1.13 bits per heavy atom. The summed E-state index contributed by atoms with van der Waals surface area (Å²) >= 11 is 5.97. The summed E-state index contributed by atoms with van der Waals surface area (Å²) in [6, 6.07) is 7.01. The molecule has 0 amide bonds. The maximum Gasteiger partial charge on any atom is 0.332 e. The maximum atomic E-state index is 13.5. The van der Waals surface area contributed by atoms with Crippen LogP contribution in [-0.4, -0.2) is 30.9 Å². The van der Waals surface area contributed by atoms with Gasteiger partial charge in [-0.15, -0.1) is 0 Å². The summed E-state index contributed by atoms with van der Waals surface area (Å²) < 4.78 is 4.63. The van der Waals surface area contributed by atoms with Crippen LogP contribution in [-0.2, 0) is 13.6 Å². The molecule has 0 radical (unpaired) electrons. The summed E-state index contributed by atoms with van der Waals surface area (Å²) in [6.45, 7) is 7.00. The third-order valence-corrected chi connectivity index (χ3v) is 6.14. The fourth-order valence-corrected chi connectivity index (χ4v) is 4.08. The average molecular weight is 443 g/mol. The van der Waals surface area contributed by atoms with Crippen LogP contribution in [0.4, 0.5) is 5.95 Å². The van der Waals surface area contributed by atoms with Gasteiger partial charge >= 0.3 is 5.69 Å². The zero-order chi connectivity index (χ0) is 22.3. The number of benzene rings is 1. The standard InChI is InChI=1S/C22H27ClN6O2/c1-5-6-7-12-28-21-24-19-18(29(21)15(3)14(2)25-28)20(30)27(22(31)26(19)4)13-16-8-10-17(23)11-9-16/h8-11,15H,5-7,12-13H2,1-4H3. The van der Waals surface area contributed by atoms with Gasteiger partial charge in [0.2, 0.25) is 5.95 Å². The normalized spacial score (nSPS) is 16.0. The Hall–Kier alpha value is -2.87. The second-order valence-corrected chi connectivity index (χ2v) is 8.50. The number of hydrogen-bond donors (Lipinski definition) is 0. The van der Waals surface area contributed by atoms with Crippen molar-refractivity contribution >= 4 is 34.4 Å². The summed E-state index contributed by atoms with van der Waals surface area (Å²) in [5.74, 6) is 0.612. The van der Waals surface area contributed by atoms with E-state index < -0.39 is 5.69 Å². The molecule has 3 aromatic rings. The predicted molar refractivity (Wildman–Crippen MR) is 124 cm³/mol. The van der Waals surface area contributed by atoms with E-state index in [0.717, 1.165) is 30.5 Å². The van der Waals surface area contributed by atoms with E-state index in [1.165, 1.54) is 9.13 Å². The molecule has 164 valence electrons. The molecule has 9 heteroatoms. The van der Waals surface area contributed by atoms with Gasteiger partial charge in [-0.25, -0.2) is 9.80 Å². The molecule has 2 aromatic heterocycles. The minimum atomic E-state index is -0.397. The summed E-state index contributed by atoms with van der Waals surface area (Å²) in [5, 5.41) is 7.18. The lowest BCUT2D eigenvalue weighted by Gasteiger charge is -2.29. The Morgan fingerprint density at radius 2 is 1.84 bits per heavy atom. The second kappa shape index (κ2) is 8.34. The molecule has 1 atom stereocenters. The number of imidazole rings is 1. The van der Waals surface area contributed by atoms with Crippen LogP contribution in [0.5, 0.6) is 0 Å². The van der Waals surface area contributed by atoms with Crippen LogP contribution in [0, 0.1) is 0 Å². The van der Waals surface area contributed by atoms with Crippen LogP contribution in [0.25, 0.3) is 11.2 Å². The highest BCUT2D eigenvalue weighted by molar-refractivity contribution is 6.30. The van der Waals surface area contributed by atoms with Gasteiger partial charge in [0.25, 0.3) is 5.56 Å². The van der Waals surface area contributed by atoms with E-state index >= 15 is 0 Å². The number of hydrazone groups is 1. The smallest absolute Gasteiger partial charge is 0.294 e. The molecule has 0 N–H and O–H groups in total. The van der Waals surface area contributed by atoms with Gasteiger partial charge in [0.1, 0.15) is 0 Å². The van der Waals surface area contributed by atoms with Gasteiger partial charge in [0, 0.05) is 18.6 Å². The predicted octanol–water partition coefficient (Wildman–Crippen LogP) is 3.55. The fourth-order valence-electron chi connectivity index (χ4n) is 3.96. The van der Waals surface area contributed by atoms with Crippen LogP contribution in [0.15, 0.2) is 39.0 Å². The molecule has 8 nitrogen and oxygen atoms in total. The van der Waals surface area contributed by atoms with Crippen molar-refractivity contribution < 1.29 is 0 Å². The Kier molecular flexibility index (Phi) is 5.75. The number of halogens is 1. The molecular formula is C22H27ClN6O2. The summed E-state index contributed by atoms with van der Waals surface area (Å²) in [6.07, 6.45) is 3.17. The summed E-state index contributed by atoms with van der Waals surface area (Å²) in [7, 11) is 1.65. The van der Waals surface area contributed by atoms with Crippen molar-refractivity contribution in [3.05, 3.63) is 55.7 Å². The molecule has 0 saturated carbocycles. The number of nitrogens with zero attached hydrogens (tertiary/aromatic N) is 6. The van der Waals surface area contributed by atoms with Crippen molar-refractivity contribution in [2.24, 2.45) is 12.1 Å². The van der Waals surface area contributed by atoms with Gasteiger partial charge in [-0.1, -0.05) is 43.5 Å². The molecule has 1 unspecified atom stereocenters. The lowest BCUT2D eigenvalue weighted by molar-refractivity contribution is 0.608. The minimum absolute atomic E-state index is 0.128. The highest BCUT2D eigenvalue weighted by Gasteiger charge is 2.30. The number of aromatic nitrogens is 4. The first kappa shape index (κ1) is 21.4. The first-order valence-corrected chi connectivity index (χ1v) is 11.0. The van der Waals surface area contributed by atoms with E-state index in [1.807, 2.05) is 35.6 Å². The van der Waals surface area contributed by atoms with Crippen LogP contribution >= 0.6 is 11.6 Å². The maximum absolute atomic E-state index is 13.5. The zero-order valence-electron chi connectivity index (χ0n) is 18.3. The van der Waals surface area contributed by atoms with Crippen molar-refractivity contribution in [3.8, 4) is 0 Å². The van der Waals surface area contributed by atoms with E-state index in [4.69, 9.17) is 21.7 Å². The van der Waals surface area contributed by atoms with Crippen molar-refractivity contribution in [2.75, 3.05) is 11.6 Å². The van der Waals surface area contributed by atoms with Crippen LogP contribution in [0.2, 0.25) is 5.02 Å². The third kappa shape index (κ3) is 3.69. The van der Waals surface area contributed by atoms with E-state index in [9.17, 15) is 9.59 Å². The summed E-state index contributed by atoms with van der Waals surface area (Å²) in [5.41, 5.74) is 1.80.